The topological polar surface area (TPSA) is 59.5 Å². The van der Waals surface area contributed by atoms with Crippen molar-refractivity contribution < 1.29 is 14.3 Å². The highest BCUT2D eigenvalue weighted by atomic mass is 16.5. The van der Waals surface area contributed by atoms with Gasteiger partial charge in [0.15, 0.2) is 6.61 Å². The number of benzene rings is 1. The first-order chi connectivity index (χ1) is 12.7. The standard InChI is InChI=1S/C22H26N2O3/c1-21(2)10-16-11-22(3,13-21)14-24(16)19(25)12-27-20(26)18-9-8-15-6-4-5-7-17(15)23-18/h4-9,16H,10-14H2,1-3H3/t16-,22-/m1/s1. The van der Waals surface area contributed by atoms with Crippen LogP contribution in [-0.4, -0.2) is 41.0 Å². The van der Waals surface area contributed by atoms with Gasteiger partial charge in [-0.05, 0) is 42.2 Å². The fourth-order valence-electron chi connectivity index (χ4n) is 5.22. The molecule has 27 heavy (non-hydrogen) atoms. The van der Waals surface area contributed by atoms with Crippen molar-refractivity contribution in [1.82, 2.24) is 9.88 Å². The minimum Gasteiger partial charge on any atom is -0.451 e. The highest BCUT2D eigenvalue weighted by molar-refractivity contribution is 5.92. The van der Waals surface area contributed by atoms with Crippen LogP contribution in [0.25, 0.3) is 10.9 Å². The average molecular weight is 366 g/mol. The van der Waals surface area contributed by atoms with E-state index in [1.165, 1.54) is 0 Å². The summed E-state index contributed by atoms with van der Waals surface area (Å²) in [6.45, 7) is 7.35. The van der Waals surface area contributed by atoms with Crippen molar-refractivity contribution in [2.75, 3.05) is 13.2 Å². The molecule has 5 heteroatoms. The van der Waals surface area contributed by atoms with Gasteiger partial charge in [0.2, 0.25) is 0 Å². The molecule has 1 aliphatic heterocycles. The van der Waals surface area contributed by atoms with E-state index in [1.807, 2.05) is 35.2 Å². The molecule has 0 radical (unpaired) electrons. The van der Waals surface area contributed by atoms with E-state index in [9.17, 15) is 9.59 Å². The maximum absolute atomic E-state index is 12.7. The van der Waals surface area contributed by atoms with Gasteiger partial charge in [-0.15, -0.1) is 0 Å². The Kier molecular flexibility index (Phi) is 4.21. The summed E-state index contributed by atoms with van der Waals surface area (Å²) >= 11 is 0. The van der Waals surface area contributed by atoms with Gasteiger partial charge >= 0.3 is 5.97 Å². The Bertz CT molecular complexity index is 907. The van der Waals surface area contributed by atoms with Crippen molar-refractivity contribution in [3.05, 3.63) is 42.1 Å². The van der Waals surface area contributed by atoms with Gasteiger partial charge in [0.1, 0.15) is 5.69 Å². The van der Waals surface area contributed by atoms with E-state index in [1.54, 1.807) is 6.07 Å². The van der Waals surface area contributed by atoms with Crippen LogP contribution in [0.1, 0.15) is 50.5 Å². The number of carbonyl (C=O) groups is 2. The van der Waals surface area contributed by atoms with Gasteiger partial charge in [-0.25, -0.2) is 9.78 Å². The molecule has 2 aromatic rings. The first-order valence-corrected chi connectivity index (χ1v) is 9.57. The molecular weight excluding hydrogens is 340 g/mol. The summed E-state index contributed by atoms with van der Waals surface area (Å²) in [4.78, 5) is 31.3. The second-order valence-corrected chi connectivity index (χ2v) is 9.20. The fourth-order valence-corrected chi connectivity index (χ4v) is 5.22. The summed E-state index contributed by atoms with van der Waals surface area (Å²) in [6.07, 6.45) is 3.18. The molecule has 0 N–H and O–H groups in total. The van der Waals surface area contributed by atoms with Crippen LogP contribution in [0.3, 0.4) is 0 Å². The monoisotopic (exact) mass is 366 g/mol. The van der Waals surface area contributed by atoms with E-state index in [4.69, 9.17) is 4.74 Å². The van der Waals surface area contributed by atoms with Gasteiger partial charge in [-0.2, -0.15) is 0 Å². The molecule has 4 rings (SSSR count). The van der Waals surface area contributed by atoms with Crippen molar-refractivity contribution in [2.45, 2.75) is 46.1 Å². The number of para-hydroxylation sites is 1. The summed E-state index contributed by atoms with van der Waals surface area (Å²) in [5.41, 5.74) is 1.39. The number of hydrogen-bond acceptors (Lipinski definition) is 4. The van der Waals surface area contributed by atoms with E-state index in [2.05, 4.69) is 25.8 Å². The van der Waals surface area contributed by atoms with Crippen LogP contribution in [-0.2, 0) is 9.53 Å². The Balaban J connectivity index is 1.41. The minimum absolute atomic E-state index is 0.101. The van der Waals surface area contributed by atoms with Crippen molar-refractivity contribution in [2.24, 2.45) is 10.8 Å². The number of amides is 1. The fraction of sp³-hybridized carbons (Fsp3) is 0.500. The Labute approximate surface area is 159 Å². The Morgan fingerprint density at radius 1 is 1.15 bits per heavy atom. The number of hydrogen-bond donors (Lipinski definition) is 0. The molecule has 1 saturated carbocycles. The lowest BCUT2D eigenvalue weighted by Crippen LogP contribution is -2.39. The van der Waals surface area contributed by atoms with E-state index in [0.29, 0.717) is 0 Å². The predicted molar refractivity (Wildman–Crippen MR) is 103 cm³/mol. The molecule has 142 valence electrons. The molecule has 0 spiro atoms. The summed E-state index contributed by atoms with van der Waals surface area (Å²) in [6, 6.07) is 11.3. The Morgan fingerprint density at radius 3 is 2.74 bits per heavy atom. The summed E-state index contributed by atoms with van der Waals surface area (Å²) in [5, 5.41) is 0.963. The molecule has 1 amide bonds. The highest BCUT2D eigenvalue weighted by Crippen LogP contribution is 2.52. The number of nitrogens with zero attached hydrogens (tertiary/aromatic N) is 2. The molecular formula is C22H26N2O3. The lowest BCUT2D eigenvalue weighted by molar-refractivity contribution is -0.135. The summed E-state index contributed by atoms with van der Waals surface area (Å²) in [5.74, 6) is -0.654. The number of ether oxygens (including phenoxy) is 1. The third-order valence-electron chi connectivity index (χ3n) is 5.87. The number of likely N-dealkylation sites (tertiary alicyclic amines) is 1. The zero-order chi connectivity index (χ0) is 19.2. The molecule has 5 nitrogen and oxygen atoms in total. The zero-order valence-corrected chi connectivity index (χ0v) is 16.2. The van der Waals surface area contributed by atoms with Crippen LogP contribution in [0.4, 0.5) is 0 Å². The van der Waals surface area contributed by atoms with Crippen LogP contribution in [0.5, 0.6) is 0 Å². The van der Waals surface area contributed by atoms with Crippen LogP contribution < -0.4 is 0 Å². The van der Waals surface area contributed by atoms with Gasteiger partial charge < -0.3 is 9.64 Å². The van der Waals surface area contributed by atoms with Crippen LogP contribution >= 0.6 is 0 Å². The molecule has 2 heterocycles. The average Bonchev–Trinajstić information content (AvgIpc) is 2.87. The molecule has 1 aliphatic carbocycles. The van der Waals surface area contributed by atoms with Crippen LogP contribution in [0.2, 0.25) is 0 Å². The lowest BCUT2D eigenvalue weighted by atomic mass is 9.65. The maximum Gasteiger partial charge on any atom is 0.357 e. The smallest absolute Gasteiger partial charge is 0.357 e. The zero-order valence-electron chi connectivity index (χ0n) is 16.2. The van der Waals surface area contributed by atoms with Crippen molar-refractivity contribution in [3.63, 3.8) is 0 Å². The van der Waals surface area contributed by atoms with Crippen LogP contribution in [0.15, 0.2) is 36.4 Å². The van der Waals surface area contributed by atoms with Gasteiger partial charge in [-0.1, -0.05) is 45.0 Å². The molecule has 1 aromatic heterocycles. The van der Waals surface area contributed by atoms with Crippen molar-refractivity contribution >= 4 is 22.8 Å². The third kappa shape index (κ3) is 3.55. The number of carbonyl (C=O) groups excluding carboxylic acids is 2. The quantitative estimate of drug-likeness (QED) is 0.775. The molecule has 2 fully saturated rings. The van der Waals surface area contributed by atoms with E-state index in [-0.39, 0.29) is 35.1 Å². The summed E-state index contributed by atoms with van der Waals surface area (Å²) < 4.78 is 5.29. The maximum atomic E-state index is 12.7. The molecule has 0 unspecified atom stereocenters. The van der Waals surface area contributed by atoms with E-state index in [0.717, 1.165) is 36.7 Å². The van der Waals surface area contributed by atoms with Gasteiger partial charge in [0.05, 0.1) is 5.52 Å². The highest BCUT2D eigenvalue weighted by Gasteiger charge is 2.50. The first kappa shape index (κ1) is 18.0. The second-order valence-electron chi connectivity index (χ2n) is 9.20. The molecule has 1 aromatic carbocycles. The number of esters is 1. The van der Waals surface area contributed by atoms with Crippen molar-refractivity contribution in [3.8, 4) is 0 Å². The number of pyridine rings is 1. The number of rotatable bonds is 3. The Hall–Kier alpha value is -2.43. The van der Waals surface area contributed by atoms with Crippen LogP contribution in [0, 0.1) is 10.8 Å². The third-order valence-corrected chi connectivity index (χ3v) is 5.87. The van der Waals surface area contributed by atoms with Gasteiger partial charge in [0.25, 0.3) is 5.91 Å². The van der Waals surface area contributed by atoms with Gasteiger partial charge in [-0.3, -0.25) is 4.79 Å². The van der Waals surface area contributed by atoms with Crippen molar-refractivity contribution in [1.29, 1.82) is 0 Å². The minimum atomic E-state index is -0.553. The summed E-state index contributed by atoms with van der Waals surface area (Å²) in [7, 11) is 0. The second kappa shape index (κ2) is 6.32. The normalized spacial score (nSPS) is 26.2. The molecule has 1 saturated heterocycles. The lowest BCUT2D eigenvalue weighted by Gasteiger charge is -2.39. The molecule has 2 atom stereocenters. The molecule has 2 aliphatic rings. The SMILES string of the molecule is CC1(C)C[C@@H]2C[C@@](C)(CN2C(=O)COC(=O)c2ccc3ccccc3n2)C1. The number of fused-ring (bicyclic) bond motifs is 3. The largest absolute Gasteiger partial charge is 0.451 e. The molecule has 2 bridgehead atoms. The predicted octanol–water partition coefficient (Wildman–Crippen LogP) is 3.82. The van der Waals surface area contributed by atoms with Gasteiger partial charge in [0, 0.05) is 18.0 Å². The number of aromatic nitrogens is 1. The Morgan fingerprint density at radius 2 is 1.93 bits per heavy atom. The first-order valence-electron chi connectivity index (χ1n) is 9.57. The van der Waals surface area contributed by atoms with E-state index < -0.39 is 5.97 Å². The van der Waals surface area contributed by atoms with E-state index >= 15 is 0 Å².